The monoisotopic (exact) mass is 264 g/mol. The van der Waals surface area contributed by atoms with Crippen molar-refractivity contribution < 1.29 is 0 Å². The predicted octanol–water partition coefficient (Wildman–Crippen LogP) is 2.80. The van der Waals surface area contributed by atoms with Crippen LogP contribution in [0.25, 0.3) is 0 Å². The Morgan fingerprint density at radius 2 is 1.89 bits per heavy atom. The maximum atomic E-state index is 2.59. The lowest BCUT2D eigenvalue weighted by Gasteiger charge is -2.45. The van der Waals surface area contributed by atoms with Crippen LogP contribution < -0.4 is 0 Å². The van der Waals surface area contributed by atoms with Crippen molar-refractivity contribution in [2.24, 2.45) is 0 Å². The van der Waals surface area contributed by atoms with Crippen molar-refractivity contribution in [3.05, 3.63) is 30.3 Å². The van der Waals surface area contributed by atoms with Gasteiger partial charge in [0.2, 0.25) is 0 Å². The molecule has 0 saturated carbocycles. The summed E-state index contributed by atoms with van der Waals surface area (Å²) in [7, 11) is 2.23. The quantitative estimate of drug-likeness (QED) is 0.772. The van der Waals surface area contributed by atoms with E-state index >= 15 is 0 Å². The smallest absolute Gasteiger partial charge is 0.0277 e. The minimum atomic E-state index is 0.315. The Balaban J connectivity index is 1.75. The molecule has 0 bridgehead atoms. The summed E-state index contributed by atoms with van der Waals surface area (Å²) in [5, 5.41) is 0. The summed E-state index contributed by atoms with van der Waals surface area (Å²) in [6.07, 6.45) is 0. The van der Waals surface area contributed by atoms with Crippen molar-refractivity contribution in [1.29, 1.82) is 0 Å². The van der Waals surface area contributed by atoms with Crippen LogP contribution in [-0.4, -0.2) is 54.3 Å². The molecule has 0 atom stereocenters. The van der Waals surface area contributed by atoms with Gasteiger partial charge >= 0.3 is 0 Å². The number of hydrogen-bond donors (Lipinski definition) is 0. The molecule has 0 aromatic heterocycles. The molecule has 0 aliphatic carbocycles. The number of piperazine rings is 1. The highest BCUT2D eigenvalue weighted by molar-refractivity contribution is 7.99. The third-order valence-corrected chi connectivity index (χ3v) is 4.81. The van der Waals surface area contributed by atoms with Gasteiger partial charge in [0.05, 0.1) is 0 Å². The summed E-state index contributed by atoms with van der Waals surface area (Å²) in [5.74, 6) is 1.18. The van der Waals surface area contributed by atoms with Gasteiger partial charge in [-0.05, 0) is 33.0 Å². The molecule has 3 heteroatoms. The molecule has 1 aliphatic rings. The predicted molar refractivity (Wildman–Crippen MR) is 80.3 cm³/mol. The molecule has 0 amide bonds. The third kappa shape index (κ3) is 3.74. The molecule has 1 fully saturated rings. The molecule has 1 aromatic rings. The normalized spacial score (nSPS) is 21.1. The average Bonchev–Trinajstić information content (AvgIpc) is 2.35. The van der Waals surface area contributed by atoms with Gasteiger partial charge in [0.1, 0.15) is 0 Å². The van der Waals surface area contributed by atoms with Gasteiger partial charge in [0, 0.05) is 42.4 Å². The number of nitrogens with zero attached hydrogens (tertiary/aromatic N) is 2. The first-order valence-electron chi connectivity index (χ1n) is 6.69. The standard InChI is InChI=1S/C15H24N2S/c1-15(2)13-17(10-9-16(15)3)11-12-18-14-7-5-4-6-8-14/h4-8H,9-13H2,1-3H3. The summed E-state index contributed by atoms with van der Waals surface area (Å²) < 4.78 is 0. The summed E-state index contributed by atoms with van der Waals surface area (Å²) in [4.78, 5) is 6.44. The molecular formula is C15H24N2S. The molecule has 1 saturated heterocycles. The van der Waals surface area contributed by atoms with Gasteiger partial charge in [0.15, 0.2) is 0 Å². The van der Waals surface area contributed by atoms with Crippen LogP contribution in [0.1, 0.15) is 13.8 Å². The van der Waals surface area contributed by atoms with Crippen molar-refractivity contribution in [2.75, 3.05) is 39.0 Å². The Bertz CT molecular complexity index is 364. The van der Waals surface area contributed by atoms with Crippen LogP contribution >= 0.6 is 11.8 Å². The van der Waals surface area contributed by atoms with Gasteiger partial charge in [-0.2, -0.15) is 0 Å². The van der Waals surface area contributed by atoms with E-state index in [1.807, 2.05) is 11.8 Å². The highest BCUT2D eigenvalue weighted by Gasteiger charge is 2.30. The topological polar surface area (TPSA) is 6.48 Å². The first-order valence-corrected chi connectivity index (χ1v) is 7.68. The Hall–Kier alpha value is -0.510. The minimum Gasteiger partial charge on any atom is -0.299 e. The van der Waals surface area contributed by atoms with E-state index in [-0.39, 0.29) is 0 Å². The zero-order valence-electron chi connectivity index (χ0n) is 11.7. The molecule has 0 radical (unpaired) electrons. The van der Waals surface area contributed by atoms with Gasteiger partial charge in [-0.3, -0.25) is 9.80 Å². The number of thioether (sulfide) groups is 1. The Kier molecular flexibility index (Phi) is 4.71. The van der Waals surface area contributed by atoms with E-state index in [0.717, 1.165) is 0 Å². The largest absolute Gasteiger partial charge is 0.299 e. The molecule has 2 rings (SSSR count). The lowest BCUT2D eigenvalue weighted by molar-refractivity contribution is 0.0436. The lowest BCUT2D eigenvalue weighted by atomic mass is 10.00. The highest BCUT2D eigenvalue weighted by Crippen LogP contribution is 2.21. The molecule has 100 valence electrons. The number of rotatable bonds is 4. The average molecular weight is 264 g/mol. The fourth-order valence-electron chi connectivity index (χ4n) is 2.34. The Labute approximate surface area is 115 Å². The number of benzene rings is 1. The summed E-state index contributed by atoms with van der Waals surface area (Å²) in [6.45, 7) is 9.43. The molecule has 0 unspecified atom stereocenters. The van der Waals surface area contributed by atoms with E-state index in [4.69, 9.17) is 0 Å². The second kappa shape index (κ2) is 6.09. The van der Waals surface area contributed by atoms with E-state index in [0.29, 0.717) is 5.54 Å². The lowest BCUT2D eigenvalue weighted by Crippen LogP contribution is -2.57. The fourth-order valence-corrected chi connectivity index (χ4v) is 3.28. The number of likely N-dealkylation sites (N-methyl/N-ethyl adjacent to an activating group) is 1. The molecule has 0 N–H and O–H groups in total. The minimum absolute atomic E-state index is 0.315. The maximum absolute atomic E-state index is 2.59. The SMILES string of the molecule is CN1CCN(CCSc2ccccc2)CC1(C)C. The summed E-state index contributed by atoms with van der Waals surface area (Å²) >= 11 is 1.96. The van der Waals surface area contributed by atoms with Gasteiger partial charge in [-0.1, -0.05) is 18.2 Å². The van der Waals surface area contributed by atoms with Crippen LogP contribution in [0.15, 0.2) is 35.2 Å². The van der Waals surface area contributed by atoms with Gasteiger partial charge in [0.25, 0.3) is 0 Å². The molecule has 1 heterocycles. The van der Waals surface area contributed by atoms with Crippen LogP contribution in [0, 0.1) is 0 Å². The second-order valence-corrected chi connectivity index (χ2v) is 6.84. The van der Waals surface area contributed by atoms with Crippen molar-refractivity contribution in [3.8, 4) is 0 Å². The van der Waals surface area contributed by atoms with Crippen LogP contribution in [0.4, 0.5) is 0 Å². The van der Waals surface area contributed by atoms with E-state index in [1.165, 1.54) is 36.8 Å². The van der Waals surface area contributed by atoms with E-state index in [1.54, 1.807) is 0 Å². The molecule has 2 nitrogen and oxygen atoms in total. The fraction of sp³-hybridized carbons (Fsp3) is 0.600. The van der Waals surface area contributed by atoms with Gasteiger partial charge in [-0.15, -0.1) is 11.8 Å². The number of hydrogen-bond acceptors (Lipinski definition) is 3. The summed E-state index contributed by atoms with van der Waals surface area (Å²) in [6, 6.07) is 10.7. The van der Waals surface area contributed by atoms with E-state index in [2.05, 4.69) is 61.0 Å². The van der Waals surface area contributed by atoms with Crippen molar-refractivity contribution in [1.82, 2.24) is 9.80 Å². The van der Waals surface area contributed by atoms with Gasteiger partial charge in [-0.25, -0.2) is 0 Å². The van der Waals surface area contributed by atoms with Crippen molar-refractivity contribution in [3.63, 3.8) is 0 Å². The van der Waals surface area contributed by atoms with E-state index in [9.17, 15) is 0 Å². The van der Waals surface area contributed by atoms with Crippen molar-refractivity contribution >= 4 is 11.8 Å². The molecular weight excluding hydrogens is 240 g/mol. The van der Waals surface area contributed by atoms with Crippen molar-refractivity contribution in [2.45, 2.75) is 24.3 Å². The molecule has 0 spiro atoms. The highest BCUT2D eigenvalue weighted by atomic mass is 32.2. The first kappa shape index (κ1) is 13.9. The summed E-state index contributed by atoms with van der Waals surface area (Å²) in [5.41, 5.74) is 0.315. The maximum Gasteiger partial charge on any atom is 0.0277 e. The molecule has 1 aliphatic heterocycles. The van der Waals surface area contributed by atoms with Crippen LogP contribution in [0.2, 0.25) is 0 Å². The zero-order chi connectivity index (χ0) is 13.0. The third-order valence-electron chi connectivity index (χ3n) is 3.81. The molecule has 1 aromatic carbocycles. The zero-order valence-corrected chi connectivity index (χ0v) is 12.5. The molecule has 18 heavy (non-hydrogen) atoms. The van der Waals surface area contributed by atoms with Gasteiger partial charge < -0.3 is 0 Å². The van der Waals surface area contributed by atoms with Crippen LogP contribution in [0.5, 0.6) is 0 Å². The van der Waals surface area contributed by atoms with Crippen LogP contribution in [0.3, 0.4) is 0 Å². The second-order valence-electron chi connectivity index (χ2n) is 5.67. The first-order chi connectivity index (χ1) is 8.58. The van der Waals surface area contributed by atoms with E-state index < -0.39 is 0 Å². The Morgan fingerprint density at radius 1 is 1.17 bits per heavy atom. The van der Waals surface area contributed by atoms with Crippen LogP contribution in [-0.2, 0) is 0 Å². The Morgan fingerprint density at radius 3 is 2.56 bits per heavy atom.